The molecule has 182 valence electrons. The Balaban J connectivity index is 1.98. The highest BCUT2D eigenvalue weighted by Gasteiger charge is 2.54. The van der Waals surface area contributed by atoms with Crippen LogP contribution in [0.25, 0.3) is 0 Å². The van der Waals surface area contributed by atoms with Gasteiger partial charge in [0, 0.05) is 32.6 Å². The van der Waals surface area contributed by atoms with Gasteiger partial charge < -0.3 is 9.80 Å². The molecule has 13 heteroatoms. The van der Waals surface area contributed by atoms with Gasteiger partial charge in [-0.25, -0.2) is 31.0 Å². The van der Waals surface area contributed by atoms with E-state index < -0.39 is 54.7 Å². The zero-order chi connectivity index (χ0) is 24.8. The Morgan fingerprint density at radius 1 is 1.27 bits per heavy atom. The summed E-state index contributed by atoms with van der Waals surface area (Å²) in [7, 11) is -1.59. The summed E-state index contributed by atoms with van der Waals surface area (Å²) in [6, 6.07) is 3.89. The molecule has 1 N–H and O–H groups in total. The monoisotopic (exact) mass is 512 g/mol. The third kappa shape index (κ3) is 5.02. The minimum Gasteiger partial charge on any atom is -0.369 e. The molecule has 2 heterocycles. The number of hydrogen-bond donors (Lipinski definition) is 1. The first-order valence-corrected chi connectivity index (χ1v) is 11.6. The number of nitrogens with one attached hydrogen (secondary N) is 1. The van der Waals surface area contributed by atoms with Crippen molar-refractivity contribution in [2.24, 2.45) is 5.41 Å². The Morgan fingerprint density at radius 2 is 1.94 bits per heavy atom. The summed E-state index contributed by atoms with van der Waals surface area (Å²) in [6.45, 7) is 0.607. The molecule has 0 aliphatic carbocycles. The van der Waals surface area contributed by atoms with Crippen LogP contribution in [0.15, 0.2) is 29.2 Å². The number of pyridine rings is 1. The Kier molecular flexibility index (Phi) is 6.84. The normalized spacial score (nSPS) is 19.4. The van der Waals surface area contributed by atoms with Gasteiger partial charge in [-0.1, -0.05) is 17.7 Å². The standard InChI is InChI=1S/C20H22ClF5N4O2S/c1-19(25,26)20(10-29(2)3)7-8-30(11-20)13-9-12(22)18(17(24)16(13)21)33(31,32)28-15-6-4-5-14(23)27-15/h4-6,9H,7-8,10-11H2,1-3H3,(H,27,28). The molecule has 1 saturated heterocycles. The van der Waals surface area contributed by atoms with E-state index in [4.69, 9.17) is 11.6 Å². The molecule has 3 rings (SSSR count). The summed E-state index contributed by atoms with van der Waals surface area (Å²) in [5.41, 5.74) is -1.73. The second-order valence-corrected chi connectivity index (χ2v) is 10.4. The largest absolute Gasteiger partial charge is 0.369 e. The summed E-state index contributed by atoms with van der Waals surface area (Å²) >= 11 is 6.05. The first kappa shape index (κ1) is 25.4. The van der Waals surface area contributed by atoms with Crippen LogP contribution in [-0.2, 0) is 10.0 Å². The second kappa shape index (κ2) is 8.88. The van der Waals surface area contributed by atoms with E-state index in [0.717, 1.165) is 25.1 Å². The average Bonchev–Trinajstić information content (AvgIpc) is 3.08. The van der Waals surface area contributed by atoms with Crippen LogP contribution in [0.1, 0.15) is 13.3 Å². The molecule has 1 unspecified atom stereocenters. The molecule has 0 radical (unpaired) electrons. The van der Waals surface area contributed by atoms with Crippen LogP contribution in [-0.4, -0.2) is 58.0 Å². The minimum atomic E-state index is -4.87. The van der Waals surface area contributed by atoms with Crippen LogP contribution in [0, 0.1) is 23.0 Å². The highest BCUT2D eigenvalue weighted by molar-refractivity contribution is 7.92. The molecular weight excluding hydrogens is 491 g/mol. The molecule has 1 atom stereocenters. The first-order chi connectivity index (χ1) is 15.2. The fraction of sp³-hybridized carbons (Fsp3) is 0.450. The lowest BCUT2D eigenvalue weighted by Crippen LogP contribution is -2.48. The zero-order valence-electron chi connectivity index (χ0n) is 18.0. The predicted molar refractivity (Wildman–Crippen MR) is 115 cm³/mol. The van der Waals surface area contributed by atoms with Crippen LogP contribution in [0.5, 0.6) is 0 Å². The van der Waals surface area contributed by atoms with Gasteiger partial charge in [-0.15, -0.1) is 0 Å². The van der Waals surface area contributed by atoms with Gasteiger partial charge in [0.25, 0.3) is 15.9 Å². The van der Waals surface area contributed by atoms with E-state index >= 15 is 4.39 Å². The lowest BCUT2D eigenvalue weighted by Gasteiger charge is -2.37. The molecule has 0 spiro atoms. The van der Waals surface area contributed by atoms with Gasteiger partial charge in [-0.05, 0) is 32.6 Å². The third-order valence-corrected chi connectivity index (χ3v) is 7.31. The maximum atomic E-state index is 15.0. The third-order valence-electron chi connectivity index (χ3n) is 5.56. The quantitative estimate of drug-likeness (QED) is 0.339. The molecule has 6 nitrogen and oxygen atoms in total. The number of rotatable bonds is 7. The molecule has 1 aliphatic rings. The Hall–Kier alpha value is -2.18. The number of alkyl halides is 2. The lowest BCUT2D eigenvalue weighted by molar-refractivity contribution is -0.105. The van der Waals surface area contributed by atoms with Crippen LogP contribution < -0.4 is 9.62 Å². The van der Waals surface area contributed by atoms with Crippen molar-refractivity contribution < 1.29 is 30.4 Å². The summed E-state index contributed by atoms with van der Waals surface area (Å²) in [4.78, 5) is 4.82. The van der Waals surface area contributed by atoms with Crippen LogP contribution in [0.4, 0.5) is 33.5 Å². The van der Waals surface area contributed by atoms with Gasteiger partial charge in [0.05, 0.1) is 11.1 Å². The number of anilines is 2. The van der Waals surface area contributed by atoms with Crippen molar-refractivity contribution in [2.45, 2.75) is 24.2 Å². The number of sulfonamides is 1. The summed E-state index contributed by atoms with van der Waals surface area (Å²) in [5, 5.41) is -0.732. The van der Waals surface area contributed by atoms with E-state index in [1.54, 1.807) is 23.7 Å². The van der Waals surface area contributed by atoms with Crippen molar-refractivity contribution >= 4 is 33.1 Å². The fourth-order valence-electron chi connectivity index (χ4n) is 4.01. The van der Waals surface area contributed by atoms with Crippen molar-refractivity contribution in [1.29, 1.82) is 0 Å². The molecule has 1 aromatic carbocycles. The smallest absolute Gasteiger partial charge is 0.268 e. The fourth-order valence-corrected chi connectivity index (χ4v) is 5.48. The summed E-state index contributed by atoms with van der Waals surface area (Å²) < 4.78 is 99.0. The van der Waals surface area contributed by atoms with Crippen molar-refractivity contribution in [1.82, 2.24) is 9.88 Å². The van der Waals surface area contributed by atoms with Crippen molar-refractivity contribution in [3.63, 3.8) is 0 Å². The molecule has 0 bridgehead atoms. The van der Waals surface area contributed by atoms with Gasteiger partial charge in [0.15, 0.2) is 10.7 Å². The molecule has 2 aromatic rings. The van der Waals surface area contributed by atoms with Gasteiger partial charge in [-0.3, -0.25) is 4.72 Å². The average molecular weight is 513 g/mol. The molecule has 1 aliphatic heterocycles. The topological polar surface area (TPSA) is 65.5 Å². The summed E-state index contributed by atoms with van der Waals surface area (Å²) in [5.74, 6) is -7.67. The molecular formula is C20H22ClF5N4O2S. The van der Waals surface area contributed by atoms with E-state index in [2.05, 4.69) is 4.98 Å². The van der Waals surface area contributed by atoms with Gasteiger partial charge in [0.2, 0.25) is 5.95 Å². The lowest BCUT2D eigenvalue weighted by atomic mass is 9.80. The maximum Gasteiger partial charge on any atom is 0.268 e. The molecule has 0 saturated carbocycles. The number of nitrogens with zero attached hydrogens (tertiary/aromatic N) is 3. The first-order valence-electron chi connectivity index (χ1n) is 9.77. The maximum absolute atomic E-state index is 15.0. The molecule has 1 fully saturated rings. The Bertz CT molecular complexity index is 1160. The van der Waals surface area contributed by atoms with Crippen LogP contribution in [0.3, 0.4) is 0 Å². The Morgan fingerprint density at radius 3 is 2.52 bits per heavy atom. The number of benzene rings is 1. The van der Waals surface area contributed by atoms with Gasteiger partial charge >= 0.3 is 0 Å². The second-order valence-electron chi connectivity index (χ2n) is 8.36. The molecule has 0 amide bonds. The zero-order valence-corrected chi connectivity index (χ0v) is 19.5. The van der Waals surface area contributed by atoms with Crippen LogP contribution >= 0.6 is 11.6 Å². The number of hydrogen-bond acceptors (Lipinski definition) is 5. The molecule has 33 heavy (non-hydrogen) atoms. The van der Waals surface area contributed by atoms with Crippen LogP contribution in [0.2, 0.25) is 5.02 Å². The molecule has 1 aromatic heterocycles. The van der Waals surface area contributed by atoms with Crippen molar-refractivity contribution in [2.75, 3.05) is 43.4 Å². The highest BCUT2D eigenvalue weighted by Crippen LogP contribution is 2.47. The highest BCUT2D eigenvalue weighted by atomic mass is 35.5. The minimum absolute atomic E-state index is 0.0204. The SMILES string of the molecule is CN(C)CC1(C(C)(F)F)CCN(c2cc(F)c(S(=O)(=O)Nc3cccc(F)n3)c(F)c2Cl)C1. The van der Waals surface area contributed by atoms with E-state index in [1.165, 1.54) is 4.90 Å². The van der Waals surface area contributed by atoms with E-state index in [1.807, 2.05) is 0 Å². The van der Waals surface area contributed by atoms with E-state index in [-0.39, 0.29) is 31.7 Å². The van der Waals surface area contributed by atoms with Crippen molar-refractivity contribution in [3.8, 4) is 0 Å². The van der Waals surface area contributed by atoms with E-state index in [0.29, 0.717) is 6.07 Å². The van der Waals surface area contributed by atoms with Crippen molar-refractivity contribution in [3.05, 3.63) is 46.9 Å². The van der Waals surface area contributed by atoms with Gasteiger partial charge in [-0.2, -0.15) is 4.39 Å². The summed E-state index contributed by atoms with van der Waals surface area (Å²) in [6.07, 6.45) is 0.0289. The number of aromatic nitrogens is 1. The Labute approximate surface area is 193 Å². The predicted octanol–water partition coefficient (Wildman–Crippen LogP) is 4.37. The number of halogens is 6. The van der Waals surface area contributed by atoms with E-state index in [9.17, 15) is 26.0 Å². The van der Waals surface area contributed by atoms with Gasteiger partial charge in [0.1, 0.15) is 16.7 Å².